The molecule has 0 aromatic rings. The standard InChI is InChI=1S/C12H22N4O5/c1-3-6(2)10(12(20)21)16-9(18)5-15-11(19)7(13)4-8(14)17/h6-7,10H,3-5,13H2,1-2H3,(H2,14,17)(H,15,19)(H,16,18)(H,20,21). The molecule has 0 rings (SSSR count). The Bertz CT molecular complexity index is 412. The maximum absolute atomic E-state index is 11.6. The highest BCUT2D eigenvalue weighted by Crippen LogP contribution is 2.07. The van der Waals surface area contributed by atoms with E-state index in [-0.39, 0.29) is 12.3 Å². The summed E-state index contributed by atoms with van der Waals surface area (Å²) in [6, 6.07) is -2.17. The van der Waals surface area contributed by atoms with Crippen LogP contribution in [0.25, 0.3) is 0 Å². The van der Waals surface area contributed by atoms with E-state index in [1.165, 1.54) is 0 Å². The van der Waals surface area contributed by atoms with Gasteiger partial charge in [0.1, 0.15) is 6.04 Å². The number of nitrogens with one attached hydrogen (secondary N) is 2. The molecule has 9 nitrogen and oxygen atoms in total. The predicted octanol–water partition coefficient (Wildman–Crippen LogP) is -2.08. The van der Waals surface area contributed by atoms with E-state index in [0.717, 1.165) is 0 Å². The lowest BCUT2D eigenvalue weighted by Gasteiger charge is -2.20. The number of amides is 3. The molecule has 0 aromatic heterocycles. The number of hydrogen-bond acceptors (Lipinski definition) is 5. The van der Waals surface area contributed by atoms with E-state index >= 15 is 0 Å². The summed E-state index contributed by atoms with van der Waals surface area (Å²) in [5.74, 6) is -3.49. The Morgan fingerprint density at radius 2 is 1.81 bits per heavy atom. The van der Waals surface area contributed by atoms with E-state index in [4.69, 9.17) is 16.6 Å². The van der Waals surface area contributed by atoms with Crippen molar-refractivity contribution in [3.63, 3.8) is 0 Å². The van der Waals surface area contributed by atoms with Crippen LogP contribution in [-0.2, 0) is 19.2 Å². The van der Waals surface area contributed by atoms with Crippen molar-refractivity contribution in [1.29, 1.82) is 0 Å². The zero-order valence-corrected chi connectivity index (χ0v) is 12.1. The van der Waals surface area contributed by atoms with Gasteiger partial charge in [-0.05, 0) is 5.92 Å². The molecule has 120 valence electrons. The molecule has 0 aliphatic heterocycles. The highest BCUT2D eigenvalue weighted by Gasteiger charge is 2.25. The third kappa shape index (κ3) is 7.25. The quantitative estimate of drug-likeness (QED) is 0.328. The van der Waals surface area contributed by atoms with Crippen molar-refractivity contribution in [2.24, 2.45) is 17.4 Å². The van der Waals surface area contributed by atoms with Gasteiger partial charge in [-0.3, -0.25) is 14.4 Å². The maximum atomic E-state index is 11.6. The molecule has 0 radical (unpaired) electrons. The van der Waals surface area contributed by atoms with E-state index < -0.39 is 42.3 Å². The van der Waals surface area contributed by atoms with E-state index in [1.54, 1.807) is 13.8 Å². The fourth-order valence-electron chi connectivity index (χ4n) is 1.52. The van der Waals surface area contributed by atoms with Crippen LogP contribution in [0.3, 0.4) is 0 Å². The number of carbonyl (C=O) groups is 4. The van der Waals surface area contributed by atoms with Gasteiger partial charge in [-0.1, -0.05) is 20.3 Å². The molecule has 0 spiro atoms. The lowest BCUT2D eigenvalue weighted by molar-refractivity contribution is -0.143. The average molecular weight is 302 g/mol. The second-order valence-corrected chi connectivity index (χ2v) is 4.76. The number of carbonyl (C=O) groups excluding carboxylic acids is 3. The van der Waals surface area contributed by atoms with Crippen LogP contribution in [0.15, 0.2) is 0 Å². The molecule has 0 aromatic carbocycles. The summed E-state index contributed by atoms with van der Waals surface area (Å²) in [5.41, 5.74) is 10.3. The van der Waals surface area contributed by atoms with Crippen molar-refractivity contribution in [1.82, 2.24) is 10.6 Å². The first-order chi connectivity index (χ1) is 9.68. The van der Waals surface area contributed by atoms with Gasteiger partial charge in [0.15, 0.2) is 0 Å². The van der Waals surface area contributed by atoms with Crippen molar-refractivity contribution in [3.05, 3.63) is 0 Å². The molecule has 0 fully saturated rings. The number of carboxylic acid groups (broad SMARTS) is 1. The molecular formula is C12H22N4O5. The first-order valence-corrected chi connectivity index (χ1v) is 6.52. The lowest BCUT2D eigenvalue weighted by Crippen LogP contribution is -2.50. The summed E-state index contributed by atoms with van der Waals surface area (Å²) < 4.78 is 0. The molecule has 3 atom stereocenters. The first-order valence-electron chi connectivity index (χ1n) is 6.52. The van der Waals surface area contributed by atoms with Gasteiger partial charge in [-0.15, -0.1) is 0 Å². The topological polar surface area (TPSA) is 165 Å². The SMILES string of the molecule is CCC(C)C(NC(=O)CNC(=O)C(N)CC(N)=O)C(=O)O. The summed E-state index contributed by atoms with van der Waals surface area (Å²) in [6.45, 7) is 3.07. The Balaban J connectivity index is 4.34. The third-order valence-electron chi connectivity index (χ3n) is 2.98. The summed E-state index contributed by atoms with van der Waals surface area (Å²) in [4.78, 5) is 44.7. The van der Waals surface area contributed by atoms with Gasteiger partial charge in [0.2, 0.25) is 17.7 Å². The monoisotopic (exact) mass is 302 g/mol. The molecular weight excluding hydrogens is 280 g/mol. The van der Waals surface area contributed by atoms with Crippen LogP contribution in [-0.4, -0.2) is 47.4 Å². The van der Waals surface area contributed by atoms with Gasteiger partial charge < -0.3 is 27.2 Å². The Labute approximate surface area is 122 Å². The van der Waals surface area contributed by atoms with Gasteiger partial charge in [-0.2, -0.15) is 0 Å². The van der Waals surface area contributed by atoms with Crippen LogP contribution >= 0.6 is 0 Å². The van der Waals surface area contributed by atoms with E-state index in [2.05, 4.69) is 10.6 Å². The number of primary amides is 1. The smallest absolute Gasteiger partial charge is 0.326 e. The normalized spacial score (nSPS) is 14.6. The van der Waals surface area contributed by atoms with Crippen molar-refractivity contribution in [2.45, 2.75) is 38.8 Å². The molecule has 7 N–H and O–H groups in total. The Morgan fingerprint density at radius 1 is 1.24 bits per heavy atom. The lowest BCUT2D eigenvalue weighted by atomic mass is 9.99. The molecule has 0 saturated heterocycles. The minimum atomic E-state index is -1.14. The zero-order chi connectivity index (χ0) is 16.6. The molecule has 0 bridgehead atoms. The zero-order valence-electron chi connectivity index (χ0n) is 12.1. The van der Waals surface area contributed by atoms with Gasteiger partial charge in [0.25, 0.3) is 0 Å². The number of carboxylic acids is 1. The number of nitrogens with two attached hydrogens (primary N) is 2. The largest absolute Gasteiger partial charge is 0.480 e. The van der Waals surface area contributed by atoms with E-state index in [1.807, 2.05) is 0 Å². The maximum Gasteiger partial charge on any atom is 0.326 e. The molecule has 3 amide bonds. The van der Waals surface area contributed by atoms with E-state index in [9.17, 15) is 19.2 Å². The molecule has 0 aliphatic carbocycles. The fourth-order valence-corrected chi connectivity index (χ4v) is 1.52. The summed E-state index contributed by atoms with van der Waals surface area (Å²) >= 11 is 0. The Morgan fingerprint density at radius 3 is 2.24 bits per heavy atom. The highest BCUT2D eigenvalue weighted by molar-refractivity contribution is 5.91. The van der Waals surface area contributed by atoms with Crippen molar-refractivity contribution < 1.29 is 24.3 Å². The Kier molecular flexibility index (Phi) is 7.99. The third-order valence-corrected chi connectivity index (χ3v) is 2.98. The number of hydrogen-bond donors (Lipinski definition) is 5. The minimum Gasteiger partial charge on any atom is -0.480 e. The summed E-state index contributed by atoms with van der Waals surface area (Å²) in [6.07, 6.45) is 0.241. The van der Waals surface area contributed by atoms with Crippen molar-refractivity contribution >= 4 is 23.7 Å². The molecule has 21 heavy (non-hydrogen) atoms. The molecule has 9 heteroatoms. The van der Waals surface area contributed by atoms with Gasteiger partial charge >= 0.3 is 5.97 Å². The minimum absolute atomic E-state index is 0.251. The van der Waals surface area contributed by atoms with Crippen LogP contribution in [0.2, 0.25) is 0 Å². The van der Waals surface area contributed by atoms with Crippen molar-refractivity contribution in [3.8, 4) is 0 Å². The van der Waals surface area contributed by atoms with Crippen LogP contribution < -0.4 is 22.1 Å². The number of rotatable bonds is 9. The first kappa shape index (κ1) is 18.8. The van der Waals surface area contributed by atoms with Crippen LogP contribution in [0.4, 0.5) is 0 Å². The van der Waals surface area contributed by atoms with Gasteiger partial charge in [0.05, 0.1) is 19.0 Å². The second kappa shape index (κ2) is 8.90. The molecule has 0 aliphatic rings. The Hall–Kier alpha value is -2.16. The van der Waals surface area contributed by atoms with Crippen LogP contribution in [0.1, 0.15) is 26.7 Å². The van der Waals surface area contributed by atoms with Crippen LogP contribution in [0.5, 0.6) is 0 Å². The second-order valence-electron chi connectivity index (χ2n) is 4.76. The van der Waals surface area contributed by atoms with Gasteiger partial charge in [0, 0.05) is 0 Å². The highest BCUT2D eigenvalue weighted by atomic mass is 16.4. The van der Waals surface area contributed by atoms with Gasteiger partial charge in [-0.25, -0.2) is 4.79 Å². The molecule has 3 unspecified atom stereocenters. The predicted molar refractivity (Wildman–Crippen MR) is 73.8 cm³/mol. The fraction of sp³-hybridized carbons (Fsp3) is 0.667. The van der Waals surface area contributed by atoms with Crippen molar-refractivity contribution in [2.75, 3.05) is 6.54 Å². The summed E-state index contributed by atoms with van der Waals surface area (Å²) in [5, 5.41) is 13.5. The number of aliphatic carboxylic acids is 1. The van der Waals surface area contributed by atoms with E-state index in [0.29, 0.717) is 6.42 Å². The molecule has 0 saturated carbocycles. The molecule has 0 heterocycles. The van der Waals surface area contributed by atoms with Crippen LogP contribution in [0, 0.1) is 5.92 Å². The average Bonchev–Trinajstić information content (AvgIpc) is 2.39. The summed E-state index contributed by atoms with van der Waals surface area (Å²) in [7, 11) is 0.